The molecule has 0 amide bonds. The molecular weight excluding hydrogens is 548 g/mol. The number of carbonyl (C=O) groups is 2. The molecule has 0 saturated heterocycles. The molecule has 0 aromatic heterocycles. The van der Waals surface area contributed by atoms with Crippen molar-refractivity contribution in [1.29, 1.82) is 0 Å². The average Bonchev–Trinajstić information content (AvgIpc) is 3.26. The highest BCUT2D eigenvalue weighted by Crippen LogP contribution is 2.67. The molecule has 4 aliphatic rings. The molecule has 0 spiro atoms. The van der Waals surface area contributed by atoms with Crippen LogP contribution in [0.3, 0.4) is 0 Å². The summed E-state index contributed by atoms with van der Waals surface area (Å²) in [5.41, 5.74) is 2.38. The highest BCUT2D eigenvalue weighted by molar-refractivity contribution is 9.09. The van der Waals surface area contributed by atoms with Gasteiger partial charge in [0.05, 0.1) is 5.33 Å². The number of hydrogen-bond donors (Lipinski definition) is 0. The smallest absolute Gasteiger partial charge is 0.306 e. The van der Waals surface area contributed by atoms with Gasteiger partial charge in [0.15, 0.2) is 0 Å². The Hall–Kier alpha value is -0.640. The minimum atomic E-state index is -0.126. The number of halogens is 1. The van der Waals surface area contributed by atoms with Crippen LogP contribution >= 0.6 is 15.9 Å². The number of Topliss-reactive ketones (excluding diaryl/α,β-unsaturated/α-hetero) is 1. The number of ether oxygens (including phenoxy) is 1. The van der Waals surface area contributed by atoms with Gasteiger partial charge in [-0.15, -0.1) is 0 Å². The van der Waals surface area contributed by atoms with E-state index in [1.165, 1.54) is 51.4 Å². The molecule has 222 valence electrons. The zero-order chi connectivity index (χ0) is 28.4. The van der Waals surface area contributed by atoms with Gasteiger partial charge in [-0.1, -0.05) is 82.0 Å². The molecule has 9 atom stereocenters. The van der Waals surface area contributed by atoms with Crippen LogP contribution in [0, 0.1) is 52.3 Å². The number of hydrogen-bond acceptors (Lipinski definition) is 3. The Morgan fingerprint density at radius 3 is 2.49 bits per heavy atom. The number of ketones is 1. The topological polar surface area (TPSA) is 43.4 Å². The fraction of sp³-hybridized carbons (Fsp3) is 0.886. The summed E-state index contributed by atoms with van der Waals surface area (Å²) in [7, 11) is 0. The second kappa shape index (κ2) is 13.1. The third-order valence-electron chi connectivity index (χ3n) is 12.6. The third-order valence-corrected chi connectivity index (χ3v) is 13.2. The summed E-state index contributed by atoms with van der Waals surface area (Å²) < 4.78 is 5.92. The van der Waals surface area contributed by atoms with E-state index in [4.69, 9.17) is 4.74 Å². The lowest BCUT2D eigenvalue weighted by atomic mass is 9.47. The van der Waals surface area contributed by atoms with Crippen LogP contribution in [0.2, 0.25) is 0 Å². The summed E-state index contributed by atoms with van der Waals surface area (Å²) in [6.07, 6.45) is 18.1. The van der Waals surface area contributed by atoms with Crippen molar-refractivity contribution in [2.75, 3.05) is 5.33 Å². The van der Waals surface area contributed by atoms with Gasteiger partial charge in [0.1, 0.15) is 11.9 Å². The molecule has 3 saturated carbocycles. The number of rotatable bonds is 12. The average molecular weight is 606 g/mol. The first-order valence-electron chi connectivity index (χ1n) is 16.5. The van der Waals surface area contributed by atoms with Crippen molar-refractivity contribution in [1.82, 2.24) is 0 Å². The Kier molecular flexibility index (Phi) is 10.5. The maximum absolute atomic E-state index is 12.5. The predicted molar refractivity (Wildman–Crippen MR) is 165 cm³/mol. The molecule has 0 aromatic rings. The molecule has 0 aliphatic heterocycles. The van der Waals surface area contributed by atoms with E-state index in [0.29, 0.717) is 30.0 Å². The summed E-state index contributed by atoms with van der Waals surface area (Å²) in [6.45, 7) is 15.0. The van der Waals surface area contributed by atoms with Crippen LogP contribution in [0.25, 0.3) is 0 Å². The molecule has 4 rings (SSSR count). The Balaban J connectivity index is 1.36. The summed E-state index contributed by atoms with van der Waals surface area (Å²) in [5, 5.41) is 0.372. The first-order chi connectivity index (χ1) is 18.5. The minimum absolute atomic E-state index is 0.0172. The number of esters is 1. The lowest BCUT2D eigenvalue weighted by Gasteiger charge is -2.58. The molecule has 0 N–H and O–H groups in total. The quantitative estimate of drug-likeness (QED) is 0.126. The van der Waals surface area contributed by atoms with E-state index in [9.17, 15) is 9.59 Å². The van der Waals surface area contributed by atoms with Crippen molar-refractivity contribution < 1.29 is 14.3 Å². The second-order valence-corrected chi connectivity index (χ2v) is 15.4. The molecule has 0 bridgehead atoms. The van der Waals surface area contributed by atoms with Crippen LogP contribution in [-0.2, 0) is 14.3 Å². The van der Waals surface area contributed by atoms with Crippen LogP contribution in [0.1, 0.15) is 131 Å². The second-order valence-electron chi connectivity index (χ2n) is 14.8. The van der Waals surface area contributed by atoms with E-state index in [0.717, 1.165) is 60.7 Å². The first-order valence-corrected chi connectivity index (χ1v) is 17.6. The van der Waals surface area contributed by atoms with Crippen molar-refractivity contribution in [3.63, 3.8) is 0 Å². The zero-order valence-electron chi connectivity index (χ0n) is 25.9. The lowest BCUT2D eigenvalue weighted by molar-refractivity contribution is -0.151. The molecule has 4 heteroatoms. The van der Waals surface area contributed by atoms with Crippen molar-refractivity contribution in [2.24, 2.45) is 52.3 Å². The molecule has 0 unspecified atom stereocenters. The summed E-state index contributed by atoms with van der Waals surface area (Å²) in [4.78, 5) is 24.0. The van der Waals surface area contributed by atoms with Crippen LogP contribution in [0.5, 0.6) is 0 Å². The van der Waals surface area contributed by atoms with Gasteiger partial charge in [0.25, 0.3) is 0 Å². The summed E-state index contributed by atoms with van der Waals surface area (Å²) in [5.74, 6) is 5.96. The van der Waals surface area contributed by atoms with Crippen molar-refractivity contribution in [3.05, 3.63) is 11.6 Å². The SMILES string of the molecule is CC[C@@H](CC[C@H](C)[C@H]1CC[C@H]2[C@@H]3CC=C4C[C@@H](OC(=O)CCCC(=O)CBr)CC[C@]4(C)[C@H]3CC[C@]12C)C(C)C. The molecule has 3 nitrogen and oxygen atoms in total. The van der Waals surface area contributed by atoms with Gasteiger partial charge in [-0.05, 0) is 110 Å². The number of carbonyl (C=O) groups excluding carboxylic acids is 2. The van der Waals surface area contributed by atoms with E-state index in [1.807, 2.05) is 0 Å². The van der Waals surface area contributed by atoms with E-state index >= 15 is 0 Å². The Bertz CT molecular complexity index is 894. The van der Waals surface area contributed by atoms with Gasteiger partial charge in [0.2, 0.25) is 0 Å². The molecule has 3 fully saturated rings. The number of allylic oxidation sites excluding steroid dienone is 1. The van der Waals surface area contributed by atoms with Gasteiger partial charge in [-0.3, -0.25) is 9.59 Å². The van der Waals surface area contributed by atoms with Crippen molar-refractivity contribution >= 4 is 27.7 Å². The molecule has 0 aromatic carbocycles. The Labute approximate surface area is 248 Å². The molecule has 0 heterocycles. The van der Waals surface area contributed by atoms with Gasteiger partial charge >= 0.3 is 5.97 Å². The highest BCUT2D eigenvalue weighted by Gasteiger charge is 2.59. The Morgan fingerprint density at radius 2 is 1.79 bits per heavy atom. The van der Waals surface area contributed by atoms with Gasteiger partial charge in [-0.25, -0.2) is 0 Å². The van der Waals surface area contributed by atoms with Crippen LogP contribution in [0.15, 0.2) is 11.6 Å². The van der Waals surface area contributed by atoms with Crippen molar-refractivity contribution in [2.45, 2.75) is 138 Å². The highest BCUT2D eigenvalue weighted by atomic mass is 79.9. The zero-order valence-corrected chi connectivity index (χ0v) is 27.5. The fourth-order valence-electron chi connectivity index (χ4n) is 10.1. The van der Waals surface area contributed by atoms with E-state index < -0.39 is 0 Å². The molecular formula is C35H57BrO3. The standard InChI is InChI=1S/C35H57BrO3/c1-7-25(23(2)3)12-11-24(4)30-15-16-31-29-14-13-26-21-28(39-33(38)10-8-9-27(37)22-36)17-19-34(26,5)32(29)18-20-35(30,31)6/h13,23-25,28-32H,7-12,14-22H2,1-6H3/t24-,25-,28-,29-,30+,31-,32-,34-,35+/m0/s1. The predicted octanol–water partition coefficient (Wildman–Crippen LogP) is 9.71. The first kappa shape index (κ1) is 31.3. The maximum atomic E-state index is 12.5. The third kappa shape index (κ3) is 6.56. The van der Waals surface area contributed by atoms with Gasteiger partial charge in [-0.2, -0.15) is 0 Å². The summed E-state index contributed by atoms with van der Waals surface area (Å²) in [6, 6.07) is 0. The molecule has 4 aliphatic carbocycles. The van der Waals surface area contributed by atoms with Gasteiger partial charge < -0.3 is 4.74 Å². The Morgan fingerprint density at radius 1 is 1.03 bits per heavy atom. The largest absolute Gasteiger partial charge is 0.462 e. The lowest BCUT2D eigenvalue weighted by Crippen LogP contribution is -2.51. The van der Waals surface area contributed by atoms with Crippen LogP contribution in [0.4, 0.5) is 0 Å². The van der Waals surface area contributed by atoms with Crippen LogP contribution in [-0.4, -0.2) is 23.2 Å². The van der Waals surface area contributed by atoms with Crippen molar-refractivity contribution in [3.8, 4) is 0 Å². The fourth-order valence-corrected chi connectivity index (χ4v) is 10.4. The van der Waals surface area contributed by atoms with Crippen LogP contribution < -0.4 is 0 Å². The normalized spacial score (nSPS) is 37.3. The maximum Gasteiger partial charge on any atom is 0.306 e. The minimum Gasteiger partial charge on any atom is -0.462 e. The molecule has 39 heavy (non-hydrogen) atoms. The molecule has 0 radical (unpaired) electrons. The van der Waals surface area contributed by atoms with E-state index in [1.54, 1.807) is 5.57 Å². The van der Waals surface area contributed by atoms with E-state index in [-0.39, 0.29) is 23.3 Å². The summed E-state index contributed by atoms with van der Waals surface area (Å²) >= 11 is 3.20. The number of fused-ring (bicyclic) bond motifs is 5. The van der Waals surface area contributed by atoms with E-state index in [2.05, 4.69) is 63.5 Å². The monoisotopic (exact) mass is 604 g/mol. The van der Waals surface area contributed by atoms with Gasteiger partial charge in [0, 0.05) is 19.3 Å². The number of alkyl halides is 1.